The summed E-state index contributed by atoms with van der Waals surface area (Å²) < 4.78 is 45.8. The molecule has 3 rings (SSSR count). The molecule has 0 saturated heterocycles. The standard InChI is InChI=1S/C21H23F3N2O3/c1-14-8-5-6-11-16(14)26(20(28)21(22,23)24)18(17-12-7-13-29-17)19(27)25-15-9-3-2-4-10-15/h5-8,11-13,15,18H,2-4,9-10H2,1H3,(H,25,27)/t18-/m1/s1. The zero-order chi connectivity index (χ0) is 21.0. The van der Waals surface area contributed by atoms with Crippen LogP contribution >= 0.6 is 0 Å². The van der Waals surface area contributed by atoms with E-state index in [0.29, 0.717) is 10.5 Å². The first-order valence-electron chi connectivity index (χ1n) is 9.59. The van der Waals surface area contributed by atoms with E-state index in [1.165, 1.54) is 30.5 Å². The lowest BCUT2D eigenvalue weighted by Crippen LogP contribution is -2.50. The van der Waals surface area contributed by atoms with Crippen molar-refractivity contribution in [2.24, 2.45) is 0 Å². The van der Waals surface area contributed by atoms with Crippen LogP contribution in [0.1, 0.15) is 49.5 Å². The molecule has 5 nitrogen and oxygen atoms in total. The molecule has 1 heterocycles. The van der Waals surface area contributed by atoms with Crippen molar-refractivity contribution in [2.75, 3.05) is 4.90 Å². The van der Waals surface area contributed by atoms with Gasteiger partial charge in [0.2, 0.25) is 0 Å². The number of rotatable bonds is 5. The van der Waals surface area contributed by atoms with Gasteiger partial charge in [0.25, 0.3) is 5.91 Å². The fraction of sp³-hybridized carbons (Fsp3) is 0.429. The number of halogens is 3. The summed E-state index contributed by atoms with van der Waals surface area (Å²) in [4.78, 5) is 26.1. The second-order valence-corrected chi connectivity index (χ2v) is 7.22. The Labute approximate surface area is 166 Å². The van der Waals surface area contributed by atoms with Gasteiger partial charge in [0.05, 0.1) is 6.26 Å². The average molecular weight is 408 g/mol. The highest BCUT2D eigenvalue weighted by Crippen LogP contribution is 2.35. The van der Waals surface area contributed by atoms with E-state index in [0.717, 1.165) is 32.1 Å². The molecule has 0 spiro atoms. The van der Waals surface area contributed by atoms with Crippen molar-refractivity contribution in [3.05, 3.63) is 54.0 Å². The Balaban J connectivity index is 2.04. The molecular weight excluding hydrogens is 385 g/mol. The summed E-state index contributed by atoms with van der Waals surface area (Å²) in [5, 5.41) is 2.82. The molecule has 1 aromatic carbocycles. The number of hydrogen-bond acceptors (Lipinski definition) is 3. The van der Waals surface area contributed by atoms with E-state index in [4.69, 9.17) is 4.42 Å². The lowest BCUT2D eigenvalue weighted by Gasteiger charge is -2.33. The third-order valence-corrected chi connectivity index (χ3v) is 5.11. The molecular formula is C21H23F3N2O3. The molecule has 1 saturated carbocycles. The van der Waals surface area contributed by atoms with E-state index in [1.54, 1.807) is 19.1 Å². The molecule has 156 valence electrons. The molecule has 1 aliphatic rings. The molecule has 0 bridgehead atoms. The van der Waals surface area contributed by atoms with Crippen molar-refractivity contribution in [3.8, 4) is 0 Å². The first-order valence-corrected chi connectivity index (χ1v) is 9.59. The van der Waals surface area contributed by atoms with Gasteiger partial charge in [-0.25, -0.2) is 0 Å². The summed E-state index contributed by atoms with van der Waals surface area (Å²) in [6.07, 6.45) is 0.583. The van der Waals surface area contributed by atoms with Crippen LogP contribution in [-0.4, -0.2) is 24.0 Å². The summed E-state index contributed by atoms with van der Waals surface area (Å²) in [5.74, 6) is -2.83. The Morgan fingerprint density at radius 1 is 1.10 bits per heavy atom. The van der Waals surface area contributed by atoms with Crippen LogP contribution < -0.4 is 10.2 Å². The van der Waals surface area contributed by atoms with Crippen LogP contribution in [0.4, 0.5) is 18.9 Å². The SMILES string of the molecule is Cc1ccccc1N(C(=O)C(F)(F)F)[C@@H](C(=O)NC1CCCCC1)c1ccco1. The first-order chi connectivity index (χ1) is 13.8. The molecule has 1 aromatic heterocycles. The van der Waals surface area contributed by atoms with Crippen LogP contribution in [0.3, 0.4) is 0 Å². The number of furan rings is 1. The third kappa shape index (κ3) is 4.81. The molecule has 8 heteroatoms. The molecule has 0 aliphatic heterocycles. The Bertz CT molecular complexity index is 843. The fourth-order valence-corrected chi connectivity index (χ4v) is 3.68. The Kier molecular flexibility index (Phi) is 6.30. The number of amides is 2. The van der Waals surface area contributed by atoms with Crippen LogP contribution in [0.5, 0.6) is 0 Å². The molecule has 1 atom stereocenters. The minimum atomic E-state index is -5.15. The molecule has 1 N–H and O–H groups in total. The maximum atomic E-state index is 13.5. The van der Waals surface area contributed by atoms with Crippen molar-refractivity contribution < 1.29 is 27.2 Å². The van der Waals surface area contributed by atoms with Gasteiger partial charge >= 0.3 is 12.1 Å². The highest BCUT2D eigenvalue weighted by atomic mass is 19.4. The topological polar surface area (TPSA) is 62.6 Å². The quantitative estimate of drug-likeness (QED) is 0.782. The van der Waals surface area contributed by atoms with Crippen molar-refractivity contribution >= 4 is 17.5 Å². The Hall–Kier alpha value is -2.77. The van der Waals surface area contributed by atoms with Gasteiger partial charge in [-0.3, -0.25) is 14.5 Å². The summed E-state index contributed by atoms with van der Waals surface area (Å²) in [6.45, 7) is 1.59. The number of nitrogens with one attached hydrogen (secondary N) is 1. The number of anilines is 1. The molecule has 2 aromatic rings. The summed E-state index contributed by atoms with van der Waals surface area (Å²) in [6, 6.07) is 7.34. The predicted octanol–water partition coefficient (Wildman–Crippen LogP) is 4.67. The lowest BCUT2D eigenvalue weighted by atomic mass is 9.95. The van der Waals surface area contributed by atoms with Crippen LogP contribution in [0.2, 0.25) is 0 Å². The maximum Gasteiger partial charge on any atom is 0.471 e. The fourth-order valence-electron chi connectivity index (χ4n) is 3.68. The minimum absolute atomic E-state index is 0.00928. The number of benzene rings is 1. The van der Waals surface area contributed by atoms with Gasteiger partial charge in [-0.1, -0.05) is 37.5 Å². The van der Waals surface area contributed by atoms with Crippen molar-refractivity contribution in [3.63, 3.8) is 0 Å². The zero-order valence-electron chi connectivity index (χ0n) is 16.0. The van der Waals surface area contributed by atoms with Crippen molar-refractivity contribution in [2.45, 2.75) is 57.3 Å². The normalized spacial score (nSPS) is 16.3. The maximum absolute atomic E-state index is 13.5. The number of nitrogens with zero attached hydrogens (tertiary/aromatic N) is 1. The van der Waals surface area contributed by atoms with Gasteiger partial charge in [-0.05, 0) is 43.5 Å². The summed E-state index contributed by atoms with van der Waals surface area (Å²) in [7, 11) is 0. The zero-order valence-corrected chi connectivity index (χ0v) is 16.0. The molecule has 1 aliphatic carbocycles. The van der Waals surface area contributed by atoms with Gasteiger partial charge in [0, 0.05) is 11.7 Å². The van der Waals surface area contributed by atoms with Crippen molar-refractivity contribution in [1.29, 1.82) is 0 Å². The number of aryl methyl sites for hydroxylation is 1. The molecule has 2 amide bonds. The first kappa shape index (κ1) is 21.0. The van der Waals surface area contributed by atoms with Gasteiger partial charge in [-0.2, -0.15) is 13.2 Å². The van der Waals surface area contributed by atoms with Crippen LogP contribution in [0, 0.1) is 6.92 Å². The van der Waals surface area contributed by atoms with E-state index < -0.39 is 24.0 Å². The second-order valence-electron chi connectivity index (χ2n) is 7.22. The predicted molar refractivity (Wildman–Crippen MR) is 101 cm³/mol. The highest BCUT2D eigenvalue weighted by molar-refractivity contribution is 6.04. The van der Waals surface area contributed by atoms with E-state index in [-0.39, 0.29) is 17.5 Å². The third-order valence-electron chi connectivity index (χ3n) is 5.11. The number of hydrogen-bond donors (Lipinski definition) is 1. The molecule has 29 heavy (non-hydrogen) atoms. The molecule has 1 fully saturated rings. The van der Waals surface area contributed by atoms with Gasteiger partial charge in [0.1, 0.15) is 5.76 Å². The Morgan fingerprint density at radius 2 is 1.79 bits per heavy atom. The average Bonchev–Trinajstić information content (AvgIpc) is 3.20. The van der Waals surface area contributed by atoms with E-state index in [1.807, 2.05) is 0 Å². The second kappa shape index (κ2) is 8.71. The van der Waals surface area contributed by atoms with E-state index in [2.05, 4.69) is 5.32 Å². The number of alkyl halides is 3. The minimum Gasteiger partial charge on any atom is -0.467 e. The van der Waals surface area contributed by atoms with Crippen LogP contribution in [-0.2, 0) is 9.59 Å². The van der Waals surface area contributed by atoms with Crippen LogP contribution in [0.25, 0.3) is 0 Å². The van der Waals surface area contributed by atoms with Gasteiger partial charge in [-0.15, -0.1) is 0 Å². The molecule has 0 unspecified atom stereocenters. The van der Waals surface area contributed by atoms with Gasteiger partial charge < -0.3 is 9.73 Å². The van der Waals surface area contributed by atoms with E-state index in [9.17, 15) is 22.8 Å². The molecule has 0 radical (unpaired) electrons. The number of carbonyl (C=O) groups excluding carboxylic acids is 2. The van der Waals surface area contributed by atoms with Gasteiger partial charge in [0.15, 0.2) is 6.04 Å². The number of para-hydroxylation sites is 1. The Morgan fingerprint density at radius 3 is 2.38 bits per heavy atom. The largest absolute Gasteiger partial charge is 0.471 e. The highest BCUT2D eigenvalue weighted by Gasteiger charge is 2.48. The van der Waals surface area contributed by atoms with Crippen LogP contribution in [0.15, 0.2) is 47.1 Å². The number of carbonyl (C=O) groups is 2. The lowest BCUT2D eigenvalue weighted by molar-refractivity contribution is -0.171. The summed E-state index contributed by atoms with van der Waals surface area (Å²) in [5.41, 5.74) is 0.446. The summed E-state index contributed by atoms with van der Waals surface area (Å²) >= 11 is 0. The smallest absolute Gasteiger partial charge is 0.467 e. The van der Waals surface area contributed by atoms with Crippen molar-refractivity contribution in [1.82, 2.24) is 5.32 Å². The monoisotopic (exact) mass is 408 g/mol. The van der Waals surface area contributed by atoms with E-state index >= 15 is 0 Å².